The number of nitrogens with zero attached hydrogens (tertiary/aromatic N) is 5. The van der Waals surface area contributed by atoms with E-state index in [1.165, 1.54) is 35.5 Å². The van der Waals surface area contributed by atoms with Crippen LogP contribution in [-0.4, -0.2) is 42.4 Å². The van der Waals surface area contributed by atoms with Crippen molar-refractivity contribution in [3.63, 3.8) is 0 Å². The second kappa shape index (κ2) is 12.9. The first-order valence-electron chi connectivity index (χ1n) is 13.8. The third kappa shape index (κ3) is 8.31. The molecule has 11 nitrogen and oxygen atoms in total. The molecule has 0 spiro atoms. The number of nitrogens with two attached hydrogens (primary N) is 1. The second-order valence-electron chi connectivity index (χ2n) is 11.4. The Kier molecular flexibility index (Phi) is 9.39. The molecule has 4 aromatic rings. The number of halogens is 4. The van der Waals surface area contributed by atoms with Crippen molar-refractivity contribution < 1.29 is 31.9 Å². The molecule has 4 N–H and O–H groups in total. The minimum absolute atomic E-state index is 0.123. The number of carbonyl (C=O) groups excluding carboxylic acids is 2. The molecular formula is C30H32F4N8O3. The van der Waals surface area contributed by atoms with Crippen LogP contribution in [-0.2, 0) is 15.7 Å². The summed E-state index contributed by atoms with van der Waals surface area (Å²) in [6, 6.07) is 5.89. The van der Waals surface area contributed by atoms with E-state index in [0.29, 0.717) is 22.6 Å². The largest absolute Gasteiger partial charge is 0.460 e. The first-order valence-corrected chi connectivity index (χ1v) is 13.8. The van der Waals surface area contributed by atoms with Crippen LogP contribution < -0.4 is 16.4 Å². The molecule has 3 heterocycles. The monoisotopic (exact) mass is 628 g/mol. The summed E-state index contributed by atoms with van der Waals surface area (Å²) in [5, 5.41) is 14.0. The van der Waals surface area contributed by atoms with Crippen molar-refractivity contribution in [3.05, 3.63) is 83.2 Å². The van der Waals surface area contributed by atoms with E-state index >= 15 is 4.39 Å². The number of aryl methyl sites for hydroxylation is 1. The zero-order valence-electron chi connectivity index (χ0n) is 25.1. The lowest BCUT2D eigenvalue weighted by Crippen LogP contribution is -2.28. The highest BCUT2D eigenvalue weighted by Gasteiger charge is 2.32. The lowest BCUT2D eigenvalue weighted by molar-refractivity contribution is -0.156. The Hall–Kier alpha value is -5.08. The maximum Gasteiger partial charge on any atom is 0.416 e. The molecule has 0 saturated carbocycles. The lowest BCUT2D eigenvalue weighted by Gasteiger charge is -2.28. The van der Waals surface area contributed by atoms with E-state index in [1.54, 1.807) is 40.7 Å². The molecule has 3 aromatic heterocycles. The molecule has 4 rings (SSSR count). The number of primary amides is 1. The predicted octanol–water partition coefficient (Wildman–Crippen LogP) is 5.89. The van der Waals surface area contributed by atoms with Gasteiger partial charge in [-0.25, -0.2) is 9.37 Å². The highest BCUT2D eigenvalue weighted by atomic mass is 19.4. The van der Waals surface area contributed by atoms with Crippen LogP contribution in [0, 0.1) is 18.7 Å². The summed E-state index contributed by atoms with van der Waals surface area (Å²) < 4.78 is 60.7. The first kappa shape index (κ1) is 32.8. The molecule has 0 aliphatic rings. The van der Waals surface area contributed by atoms with Gasteiger partial charge in [0.15, 0.2) is 11.6 Å². The third-order valence-corrected chi connectivity index (χ3v) is 6.57. The van der Waals surface area contributed by atoms with Crippen molar-refractivity contribution in [1.29, 1.82) is 0 Å². The van der Waals surface area contributed by atoms with E-state index < -0.39 is 47.0 Å². The van der Waals surface area contributed by atoms with Crippen LogP contribution in [0.4, 0.5) is 34.9 Å². The number of pyridine rings is 2. The summed E-state index contributed by atoms with van der Waals surface area (Å²) in [7, 11) is 0. The van der Waals surface area contributed by atoms with Gasteiger partial charge in [-0.05, 0) is 63.4 Å². The minimum atomic E-state index is -4.57. The fraction of sp³-hybridized carbons (Fsp3) is 0.333. The molecule has 0 aliphatic heterocycles. The number of hydrogen-bond acceptors (Lipinski definition) is 9. The molecule has 1 aromatic carbocycles. The molecule has 0 unspecified atom stereocenters. The SMILES string of the molecule is Cc1ncc(Nc2nc(N[C@H](c3ccc(C(F)(F)F)cc3)[C@H](C)CC(=O)OC(C)(C)C)c(F)cc2C(N)=O)cc1-n1nccn1. The lowest BCUT2D eigenvalue weighted by atomic mass is 9.91. The molecule has 15 heteroatoms. The summed E-state index contributed by atoms with van der Waals surface area (Å²) in [6.45, 7) is 8.51. The number of anilines is 3. The van der Waals surface area contributed by atoms with Gasteiger partial charge >= 0.3 is 12.1 Å². The molecule has 2 atom stereocenters. The Bertz CT molecular complexity index is 1670. The van der Waals surface area contributed by atoms with Gasteiger partial charge in [0.05, 0.1) is 53.6 Å². The second-order valence-corrected chi connectivity index (χ2v) is 11.4. The van der Waals surface area contributed by atoms with Crippen molar-refractivity contribution in [2.45, 2.75) is 58.9 Å². The van der Waals surface area contributed by atoms with Crippen LogP contribution in [0.3, 0.4) is 0 Å². The molecule has 238 valence electrons. The number of carbonyl (C=O) groups is 2. The topological polar surface area (TPSA) is 150 Å². The molecular weight excluding hydrogens is 596 g/mol. The number of aromatic nitrogens is 5. The Morgan fingerprint density at radius 3 is 2.27 bits per heavy atom. The molecule has 0 radical (unpaired) electrons. The quantitative estimate of drug-likeness (QED) is 0.144. The van der Waals surface area contributed by atoms with Gasteiger partial charge in [0.1, 0.15) is 17.1 Å². The van der Waals surface area contributed by atoms with Gasteiger partial charge in [-0.3, -0.25) is 14.6 Å². The van der Waals surface area contributed by atoms with Crippen LogP contribution in [0.2, 0.25) is 0 Å². The van der Waals surface area contributed by atoms with Crippen molar-refractivity contribution >= 4 is 29.2 Å². The number of ether oxygens (including phenoxy) is 1. The van der Waals surface area contributed by atoms with Gasteiger partial charge in [-0.2, -0.15) is 23.4 Å². The van der Waals surface area contributed by atoms with Gasteiger partial charge in [0.2, 0.25) is 0 Å². The highest BCUT2D eigenvalue weighted by Crippen LogP contribution is 2.35. The van der Waals surface area contributed by atoms with Crippen LogP contribution in [0.5, 0.6) is 0 Å². The summed E-state index contributed by atoms with van der Waals surface area (Å²) in [5.41, 5.74) is 5.39. The van der Waals surface area contributed by atoms with Crippen LogP contribution >= 0.6 is 0 Å². The van der Waals surface area contributed by atoms with Crippen LogP contribution in [0.25, 0.3) is 5.69 Å². The van der Waals surface area contributed by atoms with Gasteiger partial charge < -0.3 is 21.1 Å². The Morgan fingerprint density at radius 1 is 1.04 bits per heavy atom. The van der Waals surface area contributed by atoms with Gasteiger partial charge in [-0.15, -0.1) is 4.80 Å². The van der Waals surface area contributed by atoms with Crippen molar-refractivity contribution in [2.24, 2.45) is 11.7 Å². The van der Waals surface area contributed by atoms with E-state index in [1.807, 2.05) is 0 Å². The standard InChI is InChI=1S/C30H32F4N8O3/c1-16(12-24(43)45-29(3,4)5)25(18-6-8-19(9-7-18)30(32,33)34)40-28-22(31)14-21(26(35)44)27(41-28)39-20-13-23(17(2)36-15-20)42-37-10-11-38-42/h6-11,13-16,25H,12H2,1-5H3,(H2,35,44)(H2,39,40,41)/t16-,25+/m1/s1. The Balaban J connectivity index is 1.72. The average molecular weight is 629 g/mol. The molecule has 45 heavy (non-hydrogen) atoms. The summed E-state index contributed by atoms with van der Waals surface area (Å²) in [4.78, 5) is 34.9. The molecule has 0 fully saturated rings. The maximum atomic E-state index is 15.4. The number of esters is 1. The number of hydrogen-bond donors (Lipinski definition) is 3. The van der Waals surface area contributed by atoms with Gasteiger partial charge in [-0.1, -0.05) is 19.1 Å². The minimum Gasteiger partial charge on any atom is -0.460 e. The van der Waals surface area contributed by atoms with Crippen molar-refractivity contribution in [1.82, 2.24) is 25.0 Å². The molecule has 1 amide bonds. The number of alkyl halides is 3. The number of benzene rings is 1. The summed E-state index contributed by atoms with van der Waals surface area (Å²) in [6.07, 6.45) is -0.288. The van der Waals surface area contributed by atoms with Gasteiger partial charge in [0, 0.05) is 0 Å². The van der Waals surface area contributed by atoms with Crippen molar-refractivity contribution in [2.75, 3.05) is 10.6 Å². The van der Waals surface area contributed by atoms with Crippen molar-refractivity contribution in [3.8, 4) is 5.69 Å². The fourth-order valence-electron chi connectivity index (χ4n) is 4.49. The zero-order valence-corrected chi connectivity index (χ0v) is 25.1. The summed E-state index contributed by atoms with van der Waals surface area (Å²) >= 11 is 0. The average Bonchev–Trinajstić information content (AvgIpc) is 3.47. The highest BCUT2D eigenvalue weighted by molar-refractivity contribution is 5.98. The molecule has 0 bridgehead atoms. The maximum absolute atomic E-state index is 15.4. The van der Waals surface area contributed by atoms with E-state index in [4.69, 9.17) is 10.5 Å². The van der Waals surface area contributed by atoms with Crippen LogP contribution in [0.1, 0.15) is 67.3 Å². The normalized spacial score (nSPS) is 13.2. The van der Waals surface area contributed by atoms with E-state index in [9.17, 15) is 22.8 Å². The third-order valence-electron chi connectivity index (χ3n) is 6.57. The Labute approximate surface area is 256 Å². The molecule has 0 saturated heterocycles. The number of amides is 1. The Morgan fingerprint density at radius 2 is 1.69 bits per heavy atom. The predicted molar refractivity (Wildman–Crippen MR) is 157 cm³/mol. The summed E-state index contributed by atoms with van der Waals surface area (Å²) in [5.74, 6) is -3.57. The first-order chi connectivity index (χ1) is 21.0. The fourth-order valence-corrected chi connectivity index (χ4v) is 4.49. The number of rotatable bonds is 10. The smallest absolute Gasteiger partial charge is 0.416 e. The van der Waals surface area contributed by atoms with E-state index in [0.717, 1.165) is 18.2 Å². The van der Waals surface area contributed by atoms with E-state index in [-0.39, 0.29) is 23.6 Å². The van der Waals surface area contributed by atoms with Crippen LogP contribution in [0.15, 0.2) is 55.0 Å². The number of nitrogens with one attached hydrogen (secondary N) is 2. The van der Waals surface area contributed by atoms with Gasteiger partial charge in [0.25, 0.3) is 5.91 Å². The molecule has 0 aliphatic carbocycles. The van der Waals surface area contributed by atoms with E-state index in [2.05, 4.69) is 30.8 Å². The zero-order chi connectivity index (χ0) is 33.1.